The first-order chi connectivity index (χ1) is 10.8. The van der Waals surface area contributed by atoms with E-state index in [4.69, 9.17) is 4.74 Å². The number of piperidine rings is 1. The molecule has 120 valence electrons. The van der Waals surface area contributed by atoms with Crippen LogP contribution in [0.5, 0.6) is 0 Å². The van der Waals surface area contributed by atoms with E-state index >= 15 is 0 Å². The predicted octanol–water partition coefficient (Wildman–Crippen LogP) is 1.73. The van der Waals surface area contributed by atoms with Gasteiger partial charge in [0.05, 0.1) is 0 Å². The summed E-state index contributed by atoms with van der Waals surface area (Å²) in [4.78, 5) is 20.6. The molecule has 2 atom stereocenters. The molecule has 1 aromatic heterocycles. The van der Waals surface area contributed by atoms with Crippen molar-refractivity contribution in [1.82, 2.24) is 14.8 Å². The highest BCUT2D eigenvalue weighted by Crippen LogP contribution is 2.31. The number of ether oxygens (including phenoxy) is 1. The minimum absolute atomic E-state index is 0.175. The summed E-state index contributed by atoms with van der Waals surface area (Å²) >= 11 is 0. The third-order valence-corrected chi connectivity index (χ3v) is 5.54. The summed E-state index contributed by atoms with van der Waals surface area (Å²) in [7, 11) is 0. The number of hydrogen-bond acceptors (Lipinski definition) is 3. The molecular weight excluding hydrogens is 278 g/mol. The van der Waals surface area contributed by atoms with E-state index in [-0.39, 0.29) is 5.91 Å². The van der Waals surface area contributed by atoms with Crippen molar-refractivity contribution in [1.29, 1.82) is 0 Å². The number of hydrogen-bond donors (Lipinski definition) is 1. The van der Waals surface area contributed by atoms with Crippen LogP contribution in [0.2, 0.25) is 0 Å². The fourth-order valence-corrected chi connectivity index (χ4v) is 4.33. The van der Waals surface area contributed by atoms with Gasteiger partial charge < -0.3 is 14.6 Å². The Labute approximate surface area is 131 Å². The van der Waals surface area contributed by atoms with Crippen molar-refractivity contribution >= 4 is 5.91 Å². The Kier molecular flexibility index (Phi) is 3.92. The van der Waals surface area contributed by atoms with Crippen LogP contribution in [0, 0.1) is 5.92 Å². The van der Waals surface area contributed by atoms with Gasteiger partial charge in [-0.1, -0.05) is 0 Å². The van der Waals surface area contributed by atoms with Crippen LogP contribution in [0.15, 0.2) is 18.3 Å². The molecule has 1 amide bonds. The zero-order chi connectivity index (χ0) is 14.9. The first-order valence-electron chi connectivity index (χ1n) is 8.57. The molecule has 1 aromatic rings. The Hall–Kier alpha value is -1.33. The molecule has 1 N–H and O–H groups in total. The third-order valence-electron chi connectivity index (χ3n) is 5.54. The molecule has 0 radical (unpaired) electrons. The van der Waals surface area contributed by atoms with Gasteiger partial charge in [-0.15, -0.1) is 0 Å². The van der Waals surface area contributed by atoms with E-state index in [1.807, 2.05) is 18.3 Å². The lowest BCUT2D eigenvalue weighted by molar-refractivity contribution is 0.0304. The van der Waals surface area contributed by atoms with Crippen LogP contribution in [0.25, 0.3) is 0 Å². The fourth-order valence-electron chi connectivity index (χ4n) is 4.33. The summed E-state index contributed by atoms with van der Waals surface area (Å²) in [6, 6.07) is 4.81. The van der Waals surface area contributed by atoms with Gasteiger partial charge in [-0.05, 0) is 43.7 Å². The highest BCUT2D eigenvalue weighted by atomic mass is 16.5. The predicted molar refractivity (Wildman–Crippen MR) is 83.8 cm³/mol. The van der Waals surface area contributed by atoms with Crippen molar-refractivity contribution in [3.8, 4) is 0 Å². The number of carbonyl (C=O) groups is 1. The Morgan fingerprint density at radius 1 is 1.09 bits per heavy atom. The van der Waals surface area contributed by atoms with Gasteiger partial charge in [0, 0.05) is 51.1 Å². The molecule has 4 aliphatic rings. The first kappa shape index (κ1) is 14.3. The smallest absolute Gasteiger partial charge is 0.270 e. The highest BCUT2D eigenvalue weighted by molar-refractivity contribution is 5.92. The van der Waals surface area contributed by atoms with E-state index in [2.05, 4.69) is 14.8 Å². The molecule has 22 heavy (non-hydrogen) atoms. The van der Waals surface area contributed by atoms with E-state index in [1.54, 1.807) is 0 Å². The van der Waals surface area contributed by atoms with E-state index < -0.39 is 0 Å². The van der Waals surface area contributed by atoms with Gasteiger partial charge in [0.2, 0.25) is 0 Å². The number of nitrogens with zero attached hydrogens (tertiary/aromatic N) is 2. The zero-order valence-electron chi connectivity index (χ0n) is 13.0. The largest absolute Gasteiger partial charge is 0.381 e. The van der Waals surface area contributed by atoms with Gasteiger partial charge >= 0.3 is 0 Å². The number of aromatic nitrogens is 1. The second-order valence-electron chi connectivity index (χ2n) is 6.94. The second kappa shape index (κ2) is 6.05. The molecular formula is C17H25N3O2. The number of fused-ring (bicyclic) bond motifs is 4. The maximum Gasteiger partial charge on any atom is 0.270 e. The summed E-state index contributed by atoms with van der Waals surface area (Å²) in [5.74, 6) is 0.800. The van der Waals surface area contributed by atoms with Crippen LogP contribution >= 0.6 is 0 Å². The van der Waals surface area contributed by atoms with E-state index in [0.717, 1.165) is 57.8 Å². The molecule has 4 aliphatic heterocycles. The normalized spacial score (nSPS) is 30.5. The van der Waals surface area contributed by atoms with Gasteiger partial charge in [-0.3, -0.25) is 9.69 Å². The Morgan fingerprint density at radius 2 is 1.95 bits per heavy atom. The fraction of sp³-hybridized carbons (Fsp3) is 0.706. The third kappa shape index (κ3) is 2.68. The van der Waals surface area contributed by atoms with E-state index in [9.17, 15) is 4.79 Å². The van der Waals surface area contributed by atoms with Crippen molar-refractivity contribution < 1.29 is 9.53 Å². The van der Waals surface area contributed by atoms with Crippen LogP contribution in [-0.2, 0) is 4.74 Å². The summed E-state index contributed by atoms with van der Waals surface area (Å²) in [5.41, 5.74) is 0.727. The summed E-state index contributed by atoms with van der Waals surface area (Å²) < 4.78 is 5.50. The lowest BCUT2D eigenvalue weighted by Gasteiger charge is -2.36. The second-order valence-corrected chi connectivity index (χ2v) is 6.94. The van der Waals surface area contributed by atoms with Crippen LogP contribution < -0.4 is 0 Å². The number of carbonyl (C=O) groups excluding carboxylic acids is 1. The topological polar surface area (TPSA) is 48.6 Å². The highest BCUT2D eigenvalue weighted by Gasteiger charge is 2.39. The quantitative estimate of drug-likeness (QED) is 0.905. The molecule has 0 aromatic carbocycles. The number of H-pyrrole nitrogens is 1. The standard InChI is InChI=1S/C17H25N3O2/c21-17(16-2-1-7-18-16)20-11-13-3-4-15(20)12-19(10-13)14-5-8-22-9-6-14/h1-2,7,13-15,18H,3-6,8-12H2/t13-,15+/m1/s1. The average Bonchev–Trinajstić information content (AvgIpc) is 2.95. The minimum Gasteiger partial charge on any atom is -0.381 e. The van der Waals surface area contributed by atoms with Gasteiger partial charge in [0.1, 0.15) is 5.69 Å². The van der Waals surface area contributed by atoms with Crippen molar-refractivity contribution in [2.75, 3.05) is 32.8 Å². The molecule has 5 heterocycles. The molecule has 4 saturated heterocycles. The zero-order valence-corrected chi connectivity index (χ0v) is 13.0. The monoisotopic (exact) mass is 303 g/mol. The Bertz CT molecular complexity index is 510. The molecule has 4 fully saturated rings. The van der Waals surface area contributed by atoms with Crippen molar-refractivity contribution in [3.63, 3.8) is 0 Å². The van der Waals surface area contributed by atoms with Crippen molar-refractivity contribution in [3.05, 3.63) is 24.0 Å². The van der Waals surface area contributed by atoms with Crippen LogP contribution in [0.3, 0.4) is 0 Å². The maximum atomic E-state index is 12.7. The van der Waals surface area contributed by atoms with Gasteiger partial charge in [0.15, 0.2) is 0 Å². The lowest BCUT2D eigenvalue weighted by Crippen LogP contribution is -2.48. The van der Waals surface area contributed by atoms with Gasteiger partial charge in [-0.2, -0.15) is 0 Å². The molecule has 2 bridgehead atoms. The molecule has 0 unspecified atom stereocenters. The van der Waals surface area contributed by atoms with Crippen molar-refractivity contribution in [2.24, 2.45) is 5.92 Å². The lowest BCUT2D eigenvalue weighted by atomic mass is 9.94. The molecule has 0 spiro atoms. The Morgan fingerprint density at radius 3 is 2.73 bits per heavy atom. The van der Waals surface area contributed by atoms with Crippen molar-refractivity contribution in [2.45, 2.75) is 37.8 Å². The molecule has 5 heteroatoms. The average molecular weight is 303 g/mol. The van der Waals surface area contributed by atoms with Crippen LogP contribution in [0.4, 0.5) is 0 Å². The summed E-state index contributed by atoms with van der Waals surface area (Å²) in [6.45, 7) is 4.88. The number of aromatic amines is 1. The van der Waals surface area contributed by atoms with Gasteiger partial charge in [-0.25, -0.2) is 0 Å². The molecule has 5 rings (SSSR count). The molecule has 0 saturated carbocycles. The Balaban J connectivity index is 1.50. The summed E-state index contributed by atoms with van der Waals surface area (Å²) in [6.07, 6.45) is 6.53. The maximum absolute atomic E-state index is 12.7. The number of nitrogens with one attached hydrogen (secondary N) is 1. The van der Waals surface area contributed by atoms with Crippen LogP contribution in [-0.4, -0.2) is 65.6 Å². The molecule has 5 nitrogen and oxygen atoms in total. The number of amides is 1. The van der Waals surface area contributed by atoms with Crippen LogP contribution in [0.1, 0.15) is 36.2 Å². The first-order valence-corrected chi connectivity index (χ1v) is 8.57. The van der Waals surface area contributed by atoms with E-state index in [1.165, 1.54) is 6.42 Å². The van der Waals surface area contributed by atoms with Gasteiger partial charge in [0.25, 0.3) is 5.91 Å². The number of rotatable bonds is 2. The minimum atomic E-state index is 0.175. The SMILES string of the molecule is O=C(c1ccc[nH]1)N1C[C@@H]2CC[C@H]1CN(C1CCOCC1)C2. The molecule has 0 aliphatic carbocycles. The van der Waals surface area contributed by atoms with E-state index in [0.29, 0.717) is 18.0 Å². The summed E-state index contributed by atoms with van der Waals surface area (Å²) in [5, 5.41) is 0.